The summed E-state index contributed by atoms with van der Waals surface area (Å²) < 4.78 is 4.23. The van der Waals surface area contributed by atoms with Gasteiger partial charge in [-0.15, -0.1) is 11.3 Å². The molecule has 5 heterocycles. The molecule has 0 atom stereocenters. The van der Waals surface area contributed by atoms with Crippen LogP contribution in [0.5, 0.6) is 0 Å². The smallest absolute Gasteiger partial charge is 0.291 e. The number of H-pyrrole nitrogens is 2. The topological polar surface area (TPSA) is 114 Å². The lowest BCUT2D eigenvalue weighted by Gasteiger charge is -2.07. The van der Waals surface area contributed by atoms with E-state index < -0.39 is 0 Å². The molecule has 0 aliphatic rings. The molecule has 6 rings (SSSR count). The first-order valence-corrected chi connectivity index (χ1v) is 10.8. The molecule has 32 heavy (non-hydrogen) atoms. The standard InChI is InChI=1S/C22H17N7O2S/c1-28-19-15(20-21(28)26-18(32-20)8-13-5-3-7-17(30)25-13)10-24-29(22(19)31)11-12-4-2-6-16-14(12)9-23-27-16/h2-7,9-10H,8,11H2,1H3,(H,23,27)(H,25,30). The van der Waals surface area contributed by atoms with Gasteiger partial charge in [-0.05, 0) is 17.7 Å². The normalized spacial score (nSPS) is 11.8. The van der Waals surface area contributed by atoms with Crippen LogP contribution < -0.4 is 11.1 Å². The number of thiazole rings is 1. The summed E-state index contributed by atoms with van der Waals surface area (Å²) >= 11 is 1.52. The molecule has 0 aliphatic carbocycles. The molecule has 5 aromatic heterocycles. The Labute approximate surface area is 184 Å². The van der Waals surface area contributed by atoms with Crippen LogP contribution in [0.15, 0.2) is 58.4 Å². The first kappa shape index (κ1) is 18.7. The summed E-state index contributed by atoms with van der Waals surface area (Å²) in [7, 11) is 1.85. The molecular weight excluding hydrogens is 426 g/mol. The van der Waals surface area contributed by atoms with Gasteiger partial charge >= 0.3 is 0 Å². The number of rotatable bonds is 4. The van der Waals surface area contributed by atoms with Crippen molar-refractivity contribution in [2.24, 2.45) is 7.05 Å². The van der Waals surface area contributed by atoms with Crippen LogP contribution in [0.3, 0.4) is 0 Å². The van der Waals surface area contributed by atoms with Crippen molar-refractivity contribution < 1.29 is 0 Å². The molecular formula is C22H17N7O2S. The fraction of sp³-hybridized carbons (Fsp3) is 0.136. The fourth-order valence-electron chi connectivity index (χ4n) is 4.11. The lowest BCUT2D eigenvalue weighted by molar-refractivity contribution is 0.647. The monoisotopic (exact) mass is 443 g/mol. The zero-order valence-corrected chi connectivity index (χ0v) is 17.8. The highest BCUT2D eigenvalue weighted by atomic mass is 32.1. The van der Waals surface area contributed by atoms with Crippen molar-refractivity contribution in [1.29, 1.82) is 0 Å². The number of hydrogen-bond donors (Lipinski definition) is 2. The summed E-state index contributed by atoms with van der Waals surface area (Å²) in [6.45, 7) is 0.352. The van der Waals surface area contributed by atoms with Crippen molar-refractivity contribution in [2.75, 3.05) is 0 Å². The van der Waals surface area contributed by atoms with Gasteiger partial charge in [-0.2, -0.15) is 10.2 Å². The molecule has 6 aromatic rings. The van der Waals surface area contributed by atoms with Gasteiger partial charge in [0.05, 0.1) is 29.2 Å². The molecule has 0 radical (unpaired) electrons. The molecule has 0 aliphatic heterocycles. The molecule has 0 saturated carbocycles. The van der Waals surface area contributed by atoms with E-state index in [4.69, 9.17) is 4.98 Å². The van der Waals surface area contributed by atoms with Crippen molar-refractivity contribution in [3.8, 4) is 0 Å². The maximum absolute atomic E-state index is 13.3. The highest BCUT2D eigenvalue weighted by Gasteiger charge is 2.19. The fourth-order valence-corrected chi connectivity index (χ4v) is 5.24. The van der Waals surface area contributed by atoms with Crippen molar-refractivity contribution in [1.82, 2.24) is 34.5 Å². The number of aryl methyl sites for hydroxylation is 1. The molecule has 2 N–H and O–H groups in total. The molecule has 0 bridgehead atoms. The largest absolute Gasteiger partial charge is 0.326 e. The highest BCUT2D eigenvalue weighted by Crippen LogP contribution is 2.31. The minimum absolute atomic E-state index is 0.134. The molecule has 1 aromatic carbocycles. The Bertz CT molecular complexity index is 1750. The third kappa shape index (κ3) is 2.88. The van der Waals surface area contributed by atoms with E-state index in [-0.39, 0.29) is 11.1 Å². The Kier molecular flexibility index (Phi) is 4.08. The van der Waals surface area contributed by atoms with Crippen LogP contribution in [-0.4, -0.2) is 34.5 Å². The van der Waals surface area contributed by atoms with E-state index in [2.05, 4.69) is 20.3 Å². The first-order chi connectivity index (χ1) is 15.6. The number of fused-ring (bicyclic) bond motifs is 4. The van der Waals surface area contributed by atoms with Crippen molar-refractivity contribution in [3.63, 3.8) is 0 Å². The number of pyridine rings is 1. The Balaban J connectivity index is 1.43. The van der Waals surface area contributed by atoms with Crippen LogP contribution >= 0.6 is 11.3 Å². The van der Waals surface area contributed by atoms with Crippen LogP contribution in [-0.2, 0) is 20.0 Å². The summed E-state index contributed by atoms with van der Waals surface area (Å²) in [5, 5.41) is 14.1. The summed E-state index contributed by atoms with van der Waals surface area (Å²) in [6, 6.07) is 10.9. The van der Waals surface area contributed by atoms with Crippen molar-refractivity contribution in [3.05, 3.63) is 85.8 Å². The number of benzene rings is 1. The lowest BCUT2D eigenvalue weighted by Crippen LogP contribution is -2.24. The second-order valence-corrected chi connectivity index (χ2v) is 8.74. The van der Waals surface area contributed by atoms with Gasteiger partial charge in [0.1, 0.15) is 10.5 Å². The molecule has 0 unspecified atom stereocenters. The second-order valence-electron chi connectivity index (χ2n) is 7.65. The summed E-state index contributed by atoms with van der Waals surface area (Å²) in [6.07, 6.45) is 4.02. The maximum atomic E-state index is 13.3. The average Bonchev–Trinajstić information content (AvgIpc) is 3.47. The van der Waals surface area contributed by atoms with Crippen LogP contribution in [0, 0.1) is 0 Å². The predicted molar refractivity (Wildman–Crippen MR) is 123 cm³/mol. The van der Waals surface area contributed by atoms with E-state index >= 15 is 0 Å². The van der Waals surface area contributed by atoms with Crippen molar-refractivity contribution in [2.45, 2.75) is 13.0 Å². The average molecular weight is 443 g/mol. The zero-order chi connectivity index (χ0) is 21.8. The molecule has 10 heteroatoms. The first-order valence-electron chi connectivity index (χ1n) is 10.0. The van der Waals surface area contributed by atoms with Crippen LogP contribution in [0.2, 0.25) is 0 Å². The molecule has 9 nitrogen and oxygen atoms in total. The van der Waals surface area contributed by atoms with E-state index in [0.717, 1.165) is 42.9 Å². The molecule has 158 valence electrons. The third-order valence-corrected chi connectivity index (χ3v) is 6.71. The third-order valence-electron chi connectivity index (χ3n) is 5.64. The predicted octanol–water partition coefficient (Wildman–Crippen LogP) is 2.55. The Morgan fingerprint density at radius 3 is 2.81 bits per heavy atom. The van der Waals surface area contributed by atoms with E-state index in [1.165, 1.54) is 22.1 Å². The second kappa shape index (κ2) is 6.99. The van der Waals surface area contributed by atoms with E-state index in [0.29, 0.717) is 18.5 Å². The molecule has 0 amide bonds. The molecule has 0 saturated heterocycles. The van der Waals surface area contributed by atoms with E-state index in [1.807, 2.05) is 35.9 Å². The maximum Gasteiger partial charge on any atom is 0.291 e. The summed E-state index contributed by atoms with van der Waals surface area (Å²) in [5.74, 6) is 0. The summed E-state index contributed by atoms with van der Waals surface area (Å²) in [5.41, 5.74) is 3.72. The molecule has 0 fully saturated rings. The van der Waals surface area contributed by atoms with Crippen LogP contribution in [0.25, 0.3) is 32.2 Å². The van der Waals surface area contributed by atoms with Gasteiger partial charge in [-0.25, -0.2) is 9.67 Å². The molecule has 0 spiro atoms. The van der Waals surface area contributed by atoms with Gasteiger partial charge in [0.2, 0.25) is 5.56 Å². The minimum atomic E-state index is -0.162. The quantitative estimate of drug-likeness (QED) is 0.435. The van der Waals surface area contributed by atoms with Crippen LogP contribution in [0.1, 0.15) is 16.3 Å². The van der Waals surface area contributed by atoms with Gasteiger partial charge in [0, 0.05) is 36.0 Å². The number of aromatic amines is 2. The number of nitrogens with one attached hydrogen (secondary N) is 2. The Morgan fingerprint density at radius 1 is 1.06 bits per heavy atom. The SMILES string of the molecule is Cn1c2nc(Cc3cccc(=O)[nH]3)sc2c2cnn(Cc3cccc4[nH]ncc34)c(=O)c21. The van der Waals surface area contributed by atoms with Gasteiger partial charge in [-0.1, -0.05) is 18.2 Å². The van der Waals surface area contributed by atoms with Crippen LogP contribution in [0.4, 0.5) is 0 Å². The minimum Gasteiger partial charge on any atom is -0.326 e. The number of aromatic nitrogens is 7. The van der Waals surface area contributed by atoms with Gasteiger partial charge in [0.15, 0.2) is 5.65 Å². The highest BCUT2D eigenvalue weighted by molar-refractivity contribution is 7.19. The van der Waals surface area contributed by atoms with E-state index in [9.17, 15) is 9.59 Å². The lowest BCUT2D eigenvalue weighted by atomic mass is 10.1. The number of hydrogen-bond acceptors (Lipinski definition) is 6. The Hall–Kier alpha value is -4.05. The number of nitrogens with zero attached hydrogens (tertiary/aromatic N) is 5. The van der Waals surface area contributed by atoms with E-state index in [1.54, 1.807) is 18.5 Å². The van der Waals surface area contributed by atoms with Gasteiger partial charge in [-0.3, -0.25) is 14.7 Å². The Morgan fingerprint density at radius 2 is 1.94 bits per heavy atom. The van der Waals surface area contributed by atoms with Gasteiger partial charge in [0.25, 0.3) is 5.56 Å². The van der Waals surface area contributed by atoms with Gasteiger partial charge < -0.3 is 9.55 Å². The summed E-state index contributed by atoms with van der Waals surface area (Å²) in [4.78, 5) is 32.4. The van der Waals surface area contributed by atoms with Crippen molar-refractivity contribution >= 4 is 43.5 Å². The zero-order valence-electron chi connectivity index (χ0n) is 17.0.